The number of hydrogen-bond donors (Lipinski definition) is 1. The first-order chi connectivity index (χ1) is 10.1. The minimum atomic E-state index is -0.837. The fraction of sp³-hybridized carbons (Fsp3) is 0.200. The number of halogens is 2. The molecule has 1 heterocycles. The Bertz CT molecular complexity index is 606. The summed E-state index contributed by atoms with van der Waals surface area (Å²) < 4.78 is 30.9. The van der Waals surface area contributed by atoms with Gasteiger partial charge in [0.2, 0.25) is 0 Å². The van der Waals surface area contributed by atoms with E-state index < -0.39 is 11.6 Å². The molecule has 1 amide bonds. The number of aromatic nitrogens is 1. The van der Waals surface area contributed by atoms with Gasteiger partial charge in [-0.25, -0.2) is 8.78 Å². The lowest BCUT2D eigenvalue weighted by Crippen LogP contribution is -2.30. The SMILES string of the molecule is O=C(COc1ccc(F)cc1F)NCCc1ccccn1. The number of carbonyl (C=O) groups excluding carboxylic acids is 1. The monoisotopic (exact) mass is 292 g/mol. The summed E-state index contributed by atoms with van der Waals surface area (Å²) in [5.41, 5.74) is 0.864. The molecule has 1 aromatic heterocycles. The molecule has 6 heteroatoms. The summed E-state index contributed by atoms with van der Waals surface area (Å²) in [6.07, 6.45) is 2.27. The van der Waals surface area contributed by atoms with E-state index >= 15 is 0 Å². The third-order valence-electron chi connectivity index (χ3n) is 2.68. The number of nitrogens with zero attached hydrogens (tertiary/aromatic N) is 1. The summed E-state index contributed by atoms with van der Waals surface area (Å²) in [5.74, 6) is -2.07. The molecule has 0 saturated carbocycles. The Balaban J connectivity index is 1.72. The van der Waals surface area contributed by atoms with Crippen molar-refractivity contribution in [2.24, 2.45) is 0 Å². The molecule has 0 bridgehead atoms. The van der Waals surface area contributed by atoms with Crippen LogP contribution in [-0.2, 0) is 11.2 Å². The molecule has 0 fully saturated rings. The second-order valence-electron chi connectivity index (χ2n) is 4.28. The molecule has 4 nitrogen and oxygen atoms in total. The van der Waals surface area contributed by atoms with Crippen LogP contribution in [0.15, 0.2) is 42.6 Å². The molecule has 0 atom stereocenters. The van der Waals surface area contributed by atoms with E-state index in [4.69, 9.17) is 4.74 Å². The molecule has 0 aliphatic carbocycles. The fourth-order valence-electron chi connectivity index (χ4n) is 1.66. The molecule has 2 aromatic rings. The molecule has 0 radical (unpaired) electrons. The number of hydrogen-bond acceptors (Lipinski definition) is 3. The van der Waals surface area contributed by atoms with E-state index in [1.54, 1.807) is 6.20 Å². The maximum absolute atomic E-state index is 13.3. The normalized spacial score (nSPS) is 10.2. The molecule has 21 heavy (non-hydrogen) atoms. The van der Waals surface area contributed by atoms with Crippen molar-refractivity contribution in [1.82, 2.24) is 10.3 Å². The quantitative estimate of drug-likeness (QED) is 0.887. The van der Waals surface area contributed by atoms with Gasteiger partial charge in [0.15, 0.2) is 18.2 Å². The lowest BCUT2D eigenvalue weighted by atomic mass is 10.3. The maximum Gasteiger partial charge on any atom is 0.257 e. The Kier molecular flexibility index (Phi) is 5.20. The number of pyridine rings is 1. The van der Waals surface area contributed by atoms with Gasteiger partial charge < -0.3 is 10.1 Å². The van der Waals surface area contributed by atoms with Crippen molar-refractivity contribution in [2.75, 3.05) is 13.2 Å². The first-order valence-electron chi connectivity index (χ1n) is 6.39. The Hall–Kier alpha value is -2.50. The fourth-order valence-corrected chi connectivity index (χ4v) is 1.66. The summed E-state index contributed by atoms with van der Waals surface area (Å²) in [6.45, 7) is 0.0792. The minimum Gasteiger partial charge on any atom is -0.481 e. The van der Waals surface area contributed by atoms with Gasteiger partial charge in [0.25, 0.3) is 5.91 Å². The zero-order chi connectivity index (χ0) is 15.1. The van der Waals surface area contributed by atoms with Gasteiger partial charge in [-0.1, -0.05) is 6.07 Å². The number of ether oxygens (including phenoxy) is 1. The van der Waals surface area contributed by atoms with Gasteiger partial charge in [-0.05, 0) is 24.3 Å². The third kappa shape index (κ3) is 4.83. The van der Waals surface area contributed by atoms with E-state index in [1.807, 2.05) is 18.2 Å². The van der Waals surface area contributed by atoms with Crippen molar-refractivity contribution in [2.45, 2.75) is 6.42 Å². The van der Waals surface area contributed by atoms with Crippen LogP contribution in [0.3, 0.4) is 0 Å². The molecule has 0 unspecified atom stereocenters. The minimum absolute atomic E-state index is 0.156. The summed E-state index contributed by atoms with van der Waals surface area (Å²) in [5, 5.41) is 2.63. The average Bonchev–Trinajstić information content (AvgIpc) is 2.47. The lowest BCUT2D eigenvalue weighted by molar-refractivity contribution is -0.123. The Morgan fingerprint density at radius 3 is 2.81 bits per heavy atom. The molecule has 1 N–H and O–H groups in total. The van der Waals surface area contributed by atoms with Crippen molar-refractivity contribution < 1.29 is 18.3 Å². The highest BCUT2D eigenvalue weighted by Gasteiger charge is 2.07. The topological polar surface area (TPSA) is 51.2 Å². The van der Waals surface area contributed by atoms with Gasteiger partial charge >= 0.3 is 0 Å². The van der Waals surface area contributed by atoms with Crippen molar-refractivity contribution in [3.63, 3.8) is 0 Å². The predicted octanol–water partition coefficient (Wildman–Crippen LogP) is 2.10. The van der Waals surface area contributed by atoms with Gasteiger partial charge in [0.05, 0.1) is 0 Å². The second kappa shape index (κ2) is 7.33. The van der Waals surface area contributed by atoms with Gasteiger partial charge in [0, 0.05) is 30.9 Å². The second-order valence-corrected chi connectivity index (χ2v) is 4.28. The molecular formula is C15H14F2N2O2. The molecule has 0 saturated heterocycles. The molecule has 110 valence electrons. The first kappa shape index (κ1) is 14.9. The van der Waals surface area contributed by atoms with Crippen molar-refractivity contribution >= 4 is 5.91 Å². The third-order valence-corrected chi connectivity index (χ3v) is 2.68. The van der Waals surface area contributed by atoms with E-state index in [0.717, 1.165) is 17.8 Å². The van der Waals surface area contributed by atoms with E-state index in [0.29, 0.717) is 19.0 Å². The zero-order valence-corrected chi connectivity index (χ0v) is 11.2. The summed E-state index contributed by atoms with van der Waals surface area (Å²) >= 11 is 0. The van der Waals surface area contributed by atoms with Crippen molar-refractivity contribution in [1.29, 1.82) is 0 Å². The molecule has 0 aliphatic rings. The number of rotatable bonds is 6. The van der Waals surface area contributed by atoms with Crippen LogP contribution in [0.1, 0.15) is 5.69 Å². The van der Waals surface area contributed by atoms with E-state index in [9.17, 15) is 13.6 Å². The van der Waals surface area contributed by atoms with Gasteiger partial charge in [-0.15, -0.1) is 0 Å². The Morgan fingerprint density at radius 2 is 2.10 bits per heavy atom. The largest absolute Gasteiger partial charge is 0.481 e. The molecular weight excluding hydrogens is 278 g/mol. The number of benzene rings is 1. The highest BCUT2D eigenvalue weighted by Crippen LogP contribution is 2.17. The van der Waals surface area contributed by atoms with E-state index in [-0.39, 0.29) is 18.3 Å². The van der Waals surface area contributed by atoms with E-state index in [2.05, 4.69) is 10.3 Å². The van der Waals surface area contributed by atoms with Crippen molar-refractivity contribution in [3.8, 4) is 5.75 Å². The van der Waals surface area contributed by atoms with Crippen LogP contribution in [-0.4, -0.2) is 24.0 Å². The zero-order valence-electron chi connectivity index (χ0n) is 11.2. The molecule has 0 aliphatic heterocycles. The molecule has 0 spiro atoms. The first-order valence-corrected chi connectivity index (χ1v) is 6.39. The average molecular weight is 292 g/mol. The highest BCUT2D eigenvalue weighted by atomic mass is 19.1. The standard InChI is InChI=1S/C15H14F2N2O2/c16-11-4-5-14(13(17)9-11)21-10-15(20)19-8-6-12-3-1-2-7-18-12/h1-5,7,9H,6,8,10H2,(H,19,20). The highest BCUT2D eigenvalue weighted by molar-refractivity contribution is 5.77. The van der Waals surface area contributed by atoms with Gasteiger partial charge in [0.1, 0.15) is 5.82 Å². The van der Waals surface area contributed by atoms with Crippen LogP contribution >= 0.6 is 0 Å². The van der Waals surface area contributed by atoms with Gasteiger partial charge in [-0.2, -0.15) is 0 Å². The van der Waals surface area contributed by atoms with Crippen molar-refractivity contribution in [3.05, 3.63) is 59.9 Å². The summed E-state index contributed by atoms with van der Waals surface area (Å²) in [6, 6.07) is 8.45. The smallest absolute Gasteiger partial charge is 0.257 e. The number of carbonyl (C=O) groups is 1. The van der Waals surface area contributed by atoms with Crippen LogP contribution in [0.5, 0.6) is 5.75 Å². The van der Waals surface area contributed by atoms with Crippen LogP contribution in [0.25, 0.3) is 0 Å². The maximum atomic E-state index is 13.3. The number of amides is 1. The van der Waals surface area contributed by atoms with Gasteiger partial charge in [-0.3, -0.25) is 9.78 Å². The van der Waals surface area contributed by atoms with Crippen LogP contribution in [0.2, 0.25) is 0 Å². The predicted molar refractivity (Wildman–Crippen MR) is 72.8 cm³/mol. The lowest BCUT2D eigenvalue weighted by Gasteiger charge is -2.08. The Labute approximate surface area is 120 Å². The summed E-state index contributed by atoms with van der Waals surface area (Å²) in [4.78, 5) is 15.7. The van der Waals surface area contributed by atoms with E-state index in [1.165, 1.54) is 0 Å². The molecule has 1 aromatic carbocycles. The van der Waals surface area contributed by atoms with Crippen LogP contribution in [0.4, 0.5) is 8.78 Å². The molecule has 2 rings (SSSR count). The van der Waals surface area contributed by atoms with Crippen LogP contribution in [0, 0.1) is 11.6 Å². The number of nitrogens with one attached hydrogen (secondary N) is 1. The Morgan fingerprint density at radius 1 is 1.24 bits per heavy atom. The van der Waals surface area contributed by atoms with Crippen LogP contribution < -0.4 is 10.1 Å². The summed E-state index contributed by atoms with van der Waals surface area (Å²) in [7, 11) is 0.